The lowest BCUT2D eigenvalue weighted by Crippen LogP contribution is -2.38. The smallest absolute Gasteiger partial charge is 0.333 e. The van der Waals surface area contributed by atoms with Gasteiger partial charge in [0, 0.05) is 13.8 Å². The van der Waals surface area contributed by atoms with Gasteiger partial charge in [0.05, 0.1) is 5.16 Å². The van der Waals surface area contributed by atoms with Crippen LogP contribution in [0.5, 0.6) is 0 Å². The Hall–Kier alpha value is -3.22. The number of hydrogen-bond acceptors (Lipinski definition) is 10. The SMILES string of the molecule is CC(=O)OCC(COC(C)=O)OCn1c(=O)[nH]c(=O)c2c1no[n+]2[O-]. The lowest BCUT2D eigenvalue weighted by atomic mass is 10.4. The number of nitrogens with zero attached hydrogens (tertiary/aromatic N) is 3. The van der Waals surface area contributed by atoms with Crippen LogP contribution in [0.15, 0.2) is 14.2 Å². The molecule has 0 unspecified atom stereocenters. The maximum atomic E-state index is 11.9. The van der Waals surface area contributed by atoms with Gasteiger partial charge in [-0.25, -0.2) is 9.36 Å². The number of carbonyl (C=O) groups excluding carboxylic acids is 2. The van der Waals surface area contributed by atoms with E-state index in [1.807, 2.05) is 4.98 Å². The van der Waals surface area contributed by atoms with Crippen molar-refractivity contribution in [3.8, 4) is 0 Å². The highest BCUT2D eigenvalue weighted by Crippen LogP contribution is 2.02. The lowest BCUT2D eigenvalue weighted by molar-refractivity contribution is -0.782. The summed E-state index contributed by atoms with van der Waals surface area (Å²) >= 11 is 0. The van der Waals surface area contributed by atoms with Gasteiger partial charge < -0.3 is 19.4 Å². The first kappa shape index (κ1) is 18.1. The average molecular weight is 358 g/mol. The zero-order valence-electron chi connectivity index (χ0n) is 13.2. The number of H-pyrrole nitrogens is 1. The van der Waals surface area contributed by atoms with E-state index < -0.39 is 41.5 Å². The van der Waals surface area contributed by atoms with E-state index in [-0.39, 0.29) is 23.8 Å². The van der Waals surface area contributed by atoms with Gasteiger partial charge in [-0.15, -0.1) is 0 Å². The van der Waals surface area contributed by atoms with Gasteiger partial charge in [-0.05, 0) is 4.90 Å². The van der Waals surface area contributed by atoms with Crippen LogP contribution in [0.2, 0.25) is 0 Å². The number of carbonyl (C=O) groups is 2. The van der Waals surface area contributed by atoms with Crippen LogP contribution < -0.4 is 16.2 Å². The van der Waals surface area contributed by atoms with E-state index in [2.05, 4.69) is 9.79 Å². The third kappa shape index (κ3) is 4.41. The number of rotatable bonds is 7. The standard InChI is InChI=1S/C12H14N4O9/c1-6(17)22-3-8(4-23-7(2)18)24-5-15-10-9(16(21)25-14-10)11(19)13-12(15)20/h8H,3-5H2,1-2H3,(H,13,19,20). The minimum atomic E-state index is -0.969. The highest BCUT2D eigenvalue weighted by atomic mass is 16.8. The maximum absolute atomic E-state index is 11.9. The van der Waals surface area contributed by atoms with Crippen LogP contribution in [0.4, 0.5) is 0 Å². The van der Waals surface area contributed by atoms with Gasteiger partial charge >= 0.3 is 34.4 Å². The Morgan fingerprint density at radius 3 is 2.44 bits per heavy atom. The van der Waals surface area contributed by atoms with E-state index in [9.17, 15) is 24.4 Å². The first-order chi connectivity index (χ1) is 11.8. The van der Waals surface area contributed by atoms with Crippen molar-refractivity contribution in [3.63, 3.8) is 0 Å². The number of hydrogen-bond donors (Lipinski definition) is 1. The molecule has 0 bridgehead atoms. The molecule has 2 heterocycles. The molecule has 0 radical (unpaired) electrons. The van der Waals surface area contributed by atoms with E-state index in [4.69, 9.17) is 14.2 Å². The highest BCUT2D eigenvalue weighted by Gasteiger charge is 2.22. The molecule has 0 aliphatic heterocycles. The molecule has 2 rings (SSSR count). The number of nitrogens with one attached hydrogen (secondary N) is 1. The molecular weight excluding hydrogens is 344 g/mol. The summed E-state index contributed by atoms with van der Waals surface area (Å²) in [6.45, 7) is 1.39. The fourth-order valence-corrected chi connectivity index (χ4v) is 1.79. The van der Waals surface area contributed by atoms with Gasteiger partial charge in [-0.3, -0.25) is 24.0 Å². The molecule has 25 heavy (non-hydrogen) atoms. The fourth-order valence-electron chi connectivity index (χ4n) is 1.79. The van der Waals surface area contributed by atoms with Crippen LogP contribution >= 0.6 is 0 Å². The molecule has 13 heteroatoms. The van der Waals surface area contributed by atoms with Crippen LogP contribution in [-0.4, -0.2) is 46.0 Å². The molecular formula is C12H14N4O9. The van der Waals surface area contributed by atoms with E-state index in [0.29, 0.717) is 0 Å². The molecule has 0 fully saturated rings. The van der Waals surface area contributed by atoms with Gasteiger partial charge in [-0.2, -0.15) is 0 Å². The summed E-state index contributed by atoms with van der Waals surface area (Å²) in [5.74, 6) is -1.16. The van der Waals surface area contributed by atoms with Gasteiger partial charge in [0.2, 0.25) is 0 Å². The summed E-state index contributed by atoms with van der Waals surface area (Å²) in [6.07, 6.45) is -0.895. The quantitative estimate of drug-likeness (QED) is 0.422. The summed E-state index contributed by atoms with van der Waals surface area (Å²) in [7, 11) is 0. The predicted octanol–water partition coefficient (Wildman–Crippen LogP) is -2.22. The average Bonchev–Trinajstić information content (AvgIpc) is 2.90. The molecule has 0 atom stereocenters. The van der Waals surface area contributed by atoms with E-state index in [1.165, 1.54) is 13.8 Å². The minimum absolute atomic E-state index is 0.153. The Bertz CT molecular complexity index is 878. The number of aromatic nitrogens is 4. The molecule has 2 aromatic rings. The highest BCUT2D eigenvalue weighted by molar-refractivity contribution is 5.66. The molecule has 13 nitrogen and oxygen atoms in total. The van der Waals surface area contributed by atoms with Crippen molar-refractivity contribution in [2.45, 2.75) is 26.7 Å². The topological polar surface area (TPSA) is 170 Å². The van der Waals surface area contributed by atoms with Crippen LogP contribution in [0.3, 0.4) is 0 Å². The van der Waals surface area contributed by atoms with Crippen molar-refractivity contribution < 1.29 is 33.3 Å². The van der Waals surface area contributed by atoms with Gasteiger partial charge in [0.25, 0.3) is 0 Å². The van der Waals surface area contributed by atoms with Gasteiger partial charge in [0.1, 0.15) is 26.0 Å². The molecule has 2 aromatic heterocycles. The molecule has 0 aromatic carbocycles. The zero-order chi connectivity index (χ0) is 18.6. The number of fused-ring (bicyclic) bond motifs is 1. The first-order valence-corrected chi connectivity index (χ1v) is 6.90. The Morgan fingerprint density at radius 2 is 1.88 bits per heavy atom. The second-order valence-electron chi connectivity index (χ2n) is 4.81. The van der Waals surface area contributed by atoms with Crippen LogP contribution in [0, 0.1) is 5.21 Å². The van der Waals surface area contributed by atoms with Gasteiger partial charge in [0.15, 0.2) is 0 Å². The lowest BCUT2D eigenvalue weighted by Gasteiger charge is -2.17. The van der Waals surface area contributed by atoms with E-state index >= 15 is 0 Å². The molecule has 0 amide bonds. The van der Waals surface area contributed by atoms with Crippen molar-refractivity contribution in [3.05, 3.63) is 26.0 Å². The second-order valence-corrected chi connectivity index (χ2v) is 4.81. The third-order valence-corrected chi connectivity index (χ3v) is 2.92. The normalized spacial score (nSPS) is 11.0. The van der Waals surface area contributed by atoms with Crippen LogP contribution in [0.25, 0.3) is 11.2 Å². The largest absolute Gasteiger partial charge is 0.463 e. The summed E-state index contributed by atoms with van der Waals surface area (Å²) in [5, 5.41) is 14.7. The summed E-state index contributed by atoms with van der Waals surface area (Å²) in [5.41, 5.74) is -2.71. The second kappa shape index (κ2) is 7.57. The van der Waals surface area contributed by atoms with Crippen molar-refractivity contribution in [2.75, 3.05) is 13.2 Å². The Balaban J connectivity index is 2.20. The first-order valence-electron chi connectivity index (χ1n) is 6.90. The monoisotopic (exact) mass is 358 g/mol. The van der Waals surface area contributed by atoms with Crippen LogP contribution in [-0.2, 0) is 30.5 Å². The molecule has 0 aliphatic carbocycles. The van der Waals surface area contributed by atoms with Crippen LogP contribution in [0.1, 0.15) is 13.8 Å². The van der Waals surface area contributed by atoms with Crippen molar-refractivity contribution in [2.24, 2.45) is 0 Å². The molecule has 1 N–H and O–H groups in total. The minimum Gasteiger partial charge on any atom is -0.463 e. The molecule has 136 valence electrons. The van der Waals surface area contributed by atoms with Crippen molar-refractivity contribution >= 4 is 23.1 Å². The Labute approximate surface area is 138 Å². The third-order valence-electron chi connectivity index (χ3n) is 2.92. The molecule has 0 saturated heterocycles. The number of esters is 2. The van der Waals surface area contributed by atoms with E-state index in [0.717, 1.165) is 4.57 Å². The fraction of sp³-hybridized carbons (Fsp3) is 0.500. The Morgan fingerprint density at radius 1 is 1.28 bits per heavy atom. The zero-order valence-corrected chi connectivity index (χ0v) is 13.2. The maximum Gasteiger partial charge on any atom is 0.333 e. The predicted molar refractivity (Wildman–Crippen MR) is 76.0 cm³/mol. The summed E-state index contributed by atoms with van der Waals surface area (Å²) in [4.78, 5) is 47.0. The van der Waals surface area contributed by atoms with Gasteiger partial charge in [-0.1, -0.05) is 0 Å². The van der Waals surface area contributed by atoms with Crippen molar-refractivity contribution in [1.29, 1.82) is 0 Å². The summed E-state index contributed by atoms with van der Waals surface area (Å²) < 4.78 is 20.0. The Kier molecular flexibility index (Phi) is 5.49. The number of aromatic amines is 1. The molecule has 0 saturated carbocycles. The molecule has 0 aliphatic rings. The summed E-state index contributed by atoms with van der Waals surface area (Å²) in [6, 6.07) is 0. The van der Waals surface area contributed by atoms with E-state index in [1.54, 1.807) is 0 Å². The molecule has 0 spiro atoms. The number of ether oxygens (including phenoxy) is 3. The van der Waals surface area contributed by atoms with Crippen molar-refractivity contribution in [1.82, 2.24) is 14.7 Å².